The Bertz CT molecular complexity index is 705. The highest BCUT2D eigenvalue weighted by atomic mass is 35.5. The molecule has 1 N–H and O–H groups in total. The molecule has 1 amide bonds. The first kappa shape index (κ1) is 19.3. The van der Waals surface area contributed by atoms with Gasteiger partial charge in [0.1, 0.15) is 5.75 Å². The summed E-state index contributed by atoms with van der Waals surface area (Å²) in [5.74, 6) is 0.887. The molecule has 0 heterocycles. The van der Waals surface area contributed by atoms with Crippen molar-refractivity contribution >= 4 is 35.5 Å². The van der Waals surface area contributed by atoms with E-state index in [9.17, 15) is 4.79 Å². The van der Waals surface area contributed by atoms with Crippen LogP contribution in [0.4, 0.5) is 0 Å². The van der Waals surface area contributed by atoms with Gasteiger partial charge in [0.2, 0.25) is 5.91 Å². The highest BCUT2D eigenvalue weighted by Crippen LogP contribution is 2.20. The minimum Gasteiger partial charge on any atom is -0.493 e. The van der Waals surface area contributed by atoms with Gasteiger partial charge in [-0.05, 0) is 42.8 Å². The van der Waals surface area contributed by atoms with E-state index in [2.05, 4.69) is 17.5 Å². The van der Waals surface area contributed by atoms with E-state index in [1.54, 1.807) is 18.3 Å². The van der Waals surface area contributed by atoms with Gasteiger partial charge in [-0.2, -0.15) is 5.10 Å². The third kappa shape index (κ3) is 7.20. The number of hydrazone groups is 1. The fraction of sp³-hybridized carbons (Fsp3) is 0.263. The maximum Gasteiger partial charge on any atom is 0.250 e. The molecule has 25 heavy (non-hydrogen) atoms. The van der Waals surface area contributed by atoms with Crippen molar-refractivity contribution in [3.05, 3.63) is 59.1 Å². The molecule has 2 aromatic rings. The number of nitrogens with zero attached hydrogens (tertiary/aromatic N) is 1. The molecule has 4 nitrogen and oxygen atoms in total. The molecular weight excluding hydrogens is 356 g/mol. The largest absolute Gasteiger partial charge is 0.493 e. The number of para-hydroxylation sites is 1. The zero-order valence-electron chi connectivity index (χ0n) is 14.1. The van der Waals surface area contributed by atoms with Crippen molar-refractivity contribution in [2.45, 2.75) is 24.7 Å². The monoisotopic (exact) mass is 376 g/mol. The van der Waals surface area contributed by atoms with Crippen molar-refractivity contribution in [1.82, 2.24) is 5.43 Å². The Balaban J connectivity index is 1.81. The maximum absolute atomic E-state index is 11.9. The van der Waals surface area contributed by atoms with E-state index in [1.165, 1.54) is 11.8 Å². The molecule has 2 rings (SSSR count). The second-order valence-electron chi connectivity index (χ2n) is 5.28. The van der Waals surface area contributed by atoms with Crippen LogP contribution in [0.1, 0.15) is 25.3 Å². The molecular formula is C19H21ClN2O2S. The third-order valence-electron chi connectivity index (χ3n) is 3.25. The number of ether oxygens (including phenoxy) is 1. The van der Waals surface area contributed by atoms with Crippen molar-refractivity contribution in [1.29, 1.82) is 0 Å². The topological polar surface area (TPSA) is 50.7 Å². The molecule has 0 spiro atoms. The summed E-state index contributed by atoms with van der Waals surface area (Å²) in [5.41, 5.74) is 3.37. The number of unbranched alkanes of at least 4 members (excludes halogenated alkanes) is 1. The summed E-state index contributed by atoms with van der Waals surface area (Å²) in [5, 5.41) is 4.70. The van der Waals surface area contributed by atoms with Crippen LogP contribution in [0.15, 0.2) is 58.5 Å². The second kappa shape index (κ2) is 10.8. The van der Waals surface area contributed by atoms with Crippen LogP contribution in [-0.2, 0) is 4.79 Å². The fourth-order valence-electron chi connectivity index (χ4n) is 1.93. The summed E-state index contributed by atoms with van der Waals surface area (Å²) in [7, 11) is 0. The van der Waals surface area contributed by atoms with Gasteiger partial charge in [0.15, 0.2) is 0 Å². The number of halogens is 1. The van der Waals surface area contributed by atoms with E-state index < -0.39 is 0 Å². The number of nitrogens with one attached hydrogen (secondary N) is 1. The Labute approximate surface area is 157 Å². The first-order valence-electron chi connectivity index (χ1n) is 8.11. The number of carbonyl (C=O) groups is 1. The zero-order valence-corrected chi connectivity index (χ0v) is 15.6. The highest BCUT2D eigenvalue weighted by molar-refractivity contribution is 8.00. The van der Waals surface area contributed by atoms with Crippen molar-refractivity contribution in [3.63, 3.8) is 0 Å². The van der Waals surface area contributed by atoms with Gasteiger partial charge in [0.05, 0.1) is 18.6 Å². The molecule has 2 aromatic carbocycles. The summed E-state index contributed by atoms with van der Waals surface area (Å²) >= 11 is 7.27. The smallest absolute Gasteiger partial charge is 0.250 e. The lowest BCUT2D eigenvalue weighted by atomic mass is 10.2. The quantitative estimate of drug-likeness (QED) is 0.297. The Morgan fingerprint density at radius 3 is 2.76 bits per heavy atom. The normalized spacial score (nSPS) is 10.8. The van der Waals surface area contributed by atoms with E-state index in [-0.39, 0.29) is 11.7 Å². The Hall–Kier alpha value is -1.98. The average molecular weight is 377 g/mol. The summed E-state index contributed by atoms with van der Waals surface area (Å²) in [6.07, 6.45) is 3.69. The Morgan fingerprint density at radius 1 is 1.24 bits per heavy atom. The average Bonchev–Trinajstić information content (AvgIpc) is 2.63. The Kier molecular flexibility index (Phi) is 8.35. The van der Waals surface area contributed by atoms with Crippen LogP contribution in [0.2, 0.25) is 5.02 Å². The molecule has 6 heteroatoms. The van der Waals surface area contributed by atoms with Gasteiger partial charge in [-0.15, -0.1) is 11.8 Å². The standard InChI is InChI=1S/C19H21ClN2O2S/c1-2-3-12-24-18-7-5-4-6-15(18)13-21-22-19(23)14-25-17-10-8-16(20)9-11-17/h4-11,13H,2-3,12,14H2,1H3,(H,22,23)/b21-13-. The Morgan fingerprint density at radius 2 is 2.00 bits per heavy atom. The van der Waals surface area contributed by atoms with E-state index in [4.69, 9.17) is 16.3 Å². The van der Waals surface area contributed by atoms with Crippen molar-refractivity contribution in [2.24, 2.45) is 5.10 Å². The lowest BCUT2D eigenvalue weighted by molar-refractivity contribution is -0.118. The van der Waals surface area contributed by atoms with Crippen LogP contribution in [0.3, 0.4) is 0 Å². The van der Waals surface area contributed by atoms with Crippen molar-refractivity contribution in [3.8, 4) is 5.75 Å². The summed E-state index contributed by atoms with van der Waals surface area (Å²) in [6.45, 7) is 2.79. The SMILES string of the molecule is CCCCOc1ccccc1/C=N\NC(=O)CSc1ccc(Cl)cc1. The molecule has 132 valence electrons. The third-order valence-corrected chi connectivity index (χ3v) is 4.51. The predicted octanol–water partition coefficient (Wildman–Crippen LogP) is 4.76. The molecule has 0 radical (unpaired) electrons. The number of thioether (sulfide) groups is 1. The molecule has 0 bridgehead atoms. The van der Waals surface area contributed by atoms with Gasteiger partial charge < -0.3 is 4.74 Å². The molecule has 0 aromatic heterocycles. The number of benzene rings is 2. The van der Waals surface area contributed by atoms with Crippen LogP contribution in [-0.4, -0.2) is 24.5 Å². The van der Waals surface area contributed by atoms with Gasteiger partial charge in [0, 0.05) is 15.5 Å². The van der Waals surface area contributed by atoms with Crippen LogP contribution in [0, 0.1) is 0 Å². The van der Waals surface area contributed by atoms with Crippen LogP contribution >= 0.6 is 23.4 Å². The summed E-state index contributed by atoms with van der Waals surface area (Å²) in [4.78, 5) is 12.9. The van der Waals surface area contributed by atoms with Crippen LogP contribution < -0.4 is 10.2 Å². The molecule has 0 saturated carbocycles. The number of carbonyl (C=O) groups excluding carboxylic acids is 1. The zero-order chi connectivity index (χ0) is 17.9. The van der Waals surface area contributed by atoms with E-state index >= 15 is 0 Å². The first-order chi connectivity index (χ1) is 12.2. The second-order valence-corrected chi connectivity index (χ2v) is 6.76. The van der Waals surface area contributed by atoms with Crippen LogP contribution in [0.25, 0.3) is 0 Å². The van der Waals surface area contributed by atoms with Gasteiger partial charge in [-0.3, -0.25) is 4.79 Å². The molecule has 0 aliphatic rings. The van der Waals surface area contributed by atoms with Crippen molar-refractivity contribution in [2.75, 3.05) is 12.4 Å². The minimum atomic E-state index is -0.166. The van der Waals surface area contributed by atoms with Gasteiger partial charge in [-0.1, -0.05) is 37.1 Å². The van der Waals surface area contributed by atoms with Gasteiger partial charge >= 0.3 is 0 Å². The number of amides is 1. The van der Waals surface area contributed by atoms with E-state index in [0.29, 0.717) is 11.6 Å². The number of rotatable bonds is 9. The van der Waals surface area contributed by atoms with Gasteiger partial charge in [-0.25, -0.2) is 5.43 Å². The van der Waals surface area contributed by atoms with Crippen molar-refractivity contribution < 1.29 is 9.53 Å². The molecule has 0 aliphatic carbocycles. The molecule has 0 saturated heterocycles. The first-order valence-corrected chi connectivity index (χ1v) is 9.47. The highest BCUT2D eigenvalue weighted by Gasteiger charge is 2.03. The number of hydrogen-bond donors (Lipinski definition) is 1. The lowest BCUT2D eigenvalue weighted by Crippen LogP contribution is -2.19. The van der Waals surface area contributed by atoms with Crippen LogP contribution in [0.5, 0.6) is 5.75 Å². The maximum atomic E-state index is 11.9. The summed E-state index contributed by atoms with van der Waals surface area (Å²) < 4.78 is 5.73. The molecule has 0 fully saturated rings. The lowest BCUT2D eigenvalue weighted by Gasteiger charge is -2.08. The fourth-order valence-corrected chi connectivity index (χ4v) is 2.75. The van der Waals surface area contributed by atoms with E-state index in [0.717, 1.165) is 29.1 Å². The molecule has 0 atom stereocenters. The number of hydrogen-bond acceptors (Lipinski definition) is 4. The van der Waals surface area contributed by atoms with Gasteiger partial charge in [0.25, 0.3) is 0 Å². The minimum absolute atomic E-state index is 0.166. The molecule has 0 unspecified atom stereocenters. The molecule has 0 aliphatic heterocycles. The summed E-state index contributed by atoms with van der Waals surface area (Å²) in [6, 6.07) is 15.0. The van der Waals surface area contributed by atoms with E-state index in [1.807, 2.05) is 36.4 Å². The predicted molar refractivity (Wildman–Crippen MR) is 105 cm³/mol.